The monoisotopic (exact) mass is 439 g/mol. The first-order chi connectivity index (χ1) is 14.7. The van der Waals surface area contributed by atoms with E-state index in [1.807, 2.05) is 24.3 Å². The van der Waals surface area contributed by atoms with Crippen molar-refractivity contribution in [2.75, 3.05) is 10.6 Å². The van der Waals surface area contributed by atoms with E-state index < -0.39 is 0 Å². The summed E-state index contributed by atoms with van der Waals surface area (Å²) in [5.74, 6) is -0.234. The van der Waals surface area contributed by atoms with Crippen molar-refractivity contribution < 1.29 is 9.59 Å². The molecule has 0 bridgehead atoms. The molecule has 0 heterocycles. The third-order valence-corrected chi connectivity index (χ3v) is 5.13. The fourth-order valence-corrected chi connectivity index (χ4v) is 3.26. The van der Waals surface area contributed by atoms with Gasteiger partial charge in [0, 0.05) is 23.4 Å². The van der Waals surface area contributed by atoms with Gasteiger partial charge in [-0.15, -0.1) is 0 Å². The fraction of sp³-hybridized carbons (Fsp3) is 0.400. The van der Waals surface area contributed by atoms with Gasteiger partial charge in [0.05, 0.1) is 0 Å². The Hall–Kier alpha value is -2.73. The average molecular weight is 440 g/mol. The number of anilines is 2. The van der Waals surface area contributed by atoms with Crippen LogP contribution in [0.2, 0.25) is 0 Å². The average Bonchev–Trinajstić information content (AvgIpc) is 2.72. The van der Waals surface area contributed by atoms with Gasteiger partial charge in [0.2, 0.25) is 5.91 Å². The summed E-state index contributed by atoms with van der Waals surface area (Å²) >= 11 is 5.20. The van der Waals surface area contributed by atoms with Gasteiger partial charge >= 0.3 is 0 Å². The van der Waals surface area contributed by atoms with E-state index in [1.54, 1.807) is 24.3 Å². The largest absolute Gasteiger partial charge is 0.332 e. The second-order valence-electron chi connectivity index (χ2n) is 8.67. The molecule has 5 nitrogen and oxygen atoms in total. The van der Waals surface area contributed by atoms with E-state index in [1.165, 1.54) is 5.56 Å². The molecule has 2 aromatic carbocycles. The minimum atomic E-state index is -0.160. The number of unbranched alkanes of at least 4 members (excludes halogenated alkanes) is 3. The molecule has 0 aliphatic rings. The van der Waals surface area contributed by atoms with E-state index in [9.17, 15) is 9.59 Å². The van der Waals surface area contributed by atoms with Crippen LogP contribution in [0, 0.1) is 0 Å². The van der Waals surface area contributed by atoms with Crippen LogP contribution in [0.5, 0.6) is 0 Å². The van der Waals surface area contributed by atoms with Crippen LogP contribution in [-0.4, -0.2) is 16.9 Å². The number of benzene rings is 2. The van der Waals surface area contributed by atoms with Crippen molar-refractivity contribution in [1.29, 1.82) is 0 Å². The second-order valence-corrected chi connectivity index (χ2v) is 9.08. The molecule has 0 radical (unpaired) electrons. The topological polar surface area (TPSA) is 70.2 Å². The van der Waals surface area contributed by atoms with Gasteiger partial charge < -0.3 is 16.0 Å². The highest BCUT2D eigenvalue weighted by Gasteiger charge is 2.14. The second kappa shape index (κ2) is 11.6. The summed E-state index contributed by atoms with van der Waals surface area (Å²) in [5.41, 5.74) is 3.26. The third-order valence-electron chi connectivity index (χ3n) is 4.92. The first-order valence-electron chi connectivity index (χ1n) is 10.8. The molecule has 2 aromatic rings. The minimum Gasteiger partial charge on any atom is -0.332 e. The van der Waals surface area contributed by atoms with Crippen LogP contribution >= 0.6 is 12.2 Å². The molecule has 3 N–H and O–H groups in total. The van der Waals surface area contributed by atoms with Gasteiger partial charge in [-0.25, -0.2) is 0 Å². The lowest BCUT2D eigenvalue weighted by Crippen LogP contribution is -2.33. The Balaban J connectivity index is 1.84. The normalized spacial score (nSPS) is 11.0. The molecular weight excluding hydrogens is 406 g/mol. The number of carbonyl (C=O) groups is 2. The van der Waals surface area contributed by atoms with Gasteiger partial charge in [0.1, 0.15) is 0 Å². The lowest BCUT2D eigenvalue weighted by atomic mass is 9.87. The smallest absolute Gasteiger partial charge is 0.255 e. The number of hydrogen-bond acceptors (Lipinski definition) is 3. The molecule has 0 aliphatic heterocycles. The molecule has 0 aliphatic carbocycles. The number of hydrogen-bond donors (Lipinski definition) is 3. The van der Waals surface area contributed by atoms with E-state index >= 15 is 0 Å². The summed E-state index contributed by atoms with van der Waals surface area (Å²) in [5, 5.41) is 8.86. The first-order valence-corrected chi connectivity index (χ1v) is 11.2. The number of rotatable bonds is 8. The summed E-state index contributed by atoms with van der Waals surface area (Å²) in [6.45, 7) is 8.56. The molecule has 0 unspecified atom stereocenters. The van der Waals surface area contributed by atoms with Crippen molar-refractivity contribution >= 4 is 40.5 Å². The Kier molecular flexibility index (Phi) is 9.19. The lowest BCUT2D eigenvalue weighted by Gasteiger charge is -2.19. The molecule has 6 heteroatoms. The van der Waals surface area contributed by atoms with Gasteiger partial charge in [0.15, 0.2) is 5.11 Å². The molecule has 0 spiro atoms. The Bertz CT molecular complexity index is 884. The lowest BCUT2D eigenvalue weighted by molar-refractivity contribution is -0.119. The molecule has 31 heavy (non-hydrogen) atoms. The van der Waals surface area contributed by atoms with Crippen LogP contribution in [0.15, 0.2) is 48.5 Å². The molecule has 166 valence electrons. The maximum absolute atomic E-state index is 12.5. The highest BCUT2D eigenvalue weighted by Crippen LogP contribution is 2.22. The van der Waals surface area contributed by atoms with Crippen molar-refractivity contribution in [3.8, 4) is 0 Å². The quantitative estimate of drug-likeness (QED) is 0.347. The third kappa shape index (κ3) is 8.50. The van der Waals surface area contributed by atoms with Crippen molar-refractivity contribution in [2.45, 2.75) is 65.2 Å². The van der Waals surface area contributed by atoms with Gasteiger partial charge in [-0.2, -0.15) is 0 Å². The van der Waals surface area contributed by atoms with Gasteiger partial charge in [-0.05, 0) is 66.0 Å². The summed E-state index contributed by atoms with van der Waals surface area (Å²) in [6.07, 6.45) is 4.68. The molecule has 0 saturated heterocycles. The summed E-state index contributed by atoms with van der Waals surface area (Å²) in [4.78, 5) is 24.4. The Morgan fingerprint density at radius 1 is 0.839 bits per heavy atom. The van der Waals surface area contributed by atoms with Crippen LogP contribution in [0.4, 0.5) is 11.4 Å². The summed E-state index contributed by atoms with van der Waals surface area (Å²) in [6, 6.07) is 14.8. The zero-order valence-corrected chi connectivity index (χ0v) is 19.7. The number of carbonyl (C=O) groups excluding carboxylic acids is 2. The fourth-order valence-electron chi connectivity index (χ4n) is 3.03. The maximum Gasteiger partial charge on any atom is 0.255 e. The van der Waals surface area contributed by atoms with Crippen molar-refractivity contribution in [3.63, 3.8) is 0 Å². The molecule has 0 aromatic heterocycles. The van der Waals surface area contributed by atoms with Crippen molar-refractivity contribution in [2.24, 2.45) is 0 Å². The molecular formula is C25H33N3O2S. The molecule has 0 saturated carbocycles. The van der Waals surface area contributed by atoms with Crippen molar-refractivity contribution in [1.82, 2.24) is 5.32 Å². The summed E-state index contributed by atoms with van der Waals surface area (Å²) in [7, 11) is 0. The Labute approximate surface area is 191 Å². The number of amides is 2. The standard InChI is InChI=1S/C25H33N3O2S/c1-5-6-7-8-9-22(29)28-24(31)27-21-16-14-20(15-17-21)26-23(30)18-10-12-19(13-11-18)25(2,3)4/h10-17H,5-9H2,1-4H3,(H,26,30)(H2,27,28,29,31). The molecule has 2 amide bonds. The van der Waals surface area contributed by atoms with Crippen molar-refractivity contribution in [3.05, 3.63) is 59.7 Å². The maximum atomic E-state index is 12.5. The van der Waals surface area contributed by atoms with E-state index in [0.717, 1.165) is 31.4 Å². The van der Waals surface area contributed by atoms with Gasteiger partial charge in [-0.3, -0.25) is 9.59 Å². The van der Waals surface area contributed by atoms with Gasteiger partial charge in [0.25, 0.3) is 5.91 Å². The zero-order valence-electron chi connectivity index (χ0n) is 18.9. The van der Waals surface area contributed by atoms with Crippen LogP contribution in [0.1, 0.15) is 75.7 Å². The predicted molar refractivity (Wildman–Crippen MR) is 133 cm³/mol. The van der Waals surface area contributed by atoms with E-state index in [2.05, 4.69) is 43.6 Å². The minimum absolute atomic E-state index is 0.0485. The zero-order chi connectivity index (χ0) is 22.9. The number of thiocarbonyl (C=S) groups is 1. The van der Waals surface area contributed by atoms with Crippen LogP contribution in [-0.2, 0) is 10.2 Å². The van der Waals surface area contributed by atoms with Crippen LogP contribution < -0.4 is 16.0 Å². The molecule has 2 rings (SSSR count). The highest BCUT2D eigenvalue weighted by atomic mass is 32.1. The van der Waals surface area contributed by atoms with Gasteiger partial charge in [-0.1, -0.05) is 59.1 Å². The molecule has 0 fully saturated rings. The first kappa shape index (κ1) is 24.5. The van der Waals surface area contributed by atoms with E-state index in [0.29, 0.717) is 17.7 Å². The number of nitrogens with one attached hydrogen (secondary N) is 3. The SMILES string of the molecule is CCCCCCC(=O)NC(=S)Nc1ccc(NC(=O)c2ccc(C(C)(C)C)cc2)cc1. The Morgan fingerprint density at radius 3 is 1.97 bits per heavy atom. The Morgan fingerprint density at radius 2 is 1.42 bits per heavy atom. The van der Waals surface area contributed by atoms with E-state index in [4.69, 9.17) is 12.2 Å². The summed E-state index contributed by atoms with van der Waals surface area (Å²) < 4.78 is 0. The van der Waals surface area contributed by atoms with Crippen LogP contribution in [0.3, 0.4) is 0 Å². The predicted octanol–water partition coefficient (Wildman–Crippen LogP) is 6.02. The highest BCUT2D eigenvalue weighted by molar-refractivity contribution is 7.80. The van der Waals surface area contributed by atoms with Crippen LogP contribution in [0.25, 0.3) is 0 Å². The van der Waals surface area contributed by atoms with E-state index in [-0.39, 0.29) is 22.3 Å². The molecule has 0 atom stereocenters.